The van der Waals surface area contributed by atoms with Crippen molar-refractivity contribution in [3.8, 4) is 33.4 Å². The van der Waals surface area contributed by atoms with Crippen molar-refractivity contribution in [1.29, 1.82) is 0 Å². The molecule has 0 N–H and O–H groups in total. The fourth-order valence-corrected chi connectivity index (χ4v) is 6.84. The van der Waals surface area contributed by atoms with Crippen LogP contribution in [-0.4, -0.2) is 0 Å². The Bertz CT molecular complexity index is 1620. The zero-order chi connectivity index (χ0) is 25.1. The molecule has 0 spiro atoms. The van der Waals surface area contributed by atoms with Crippen LogP contribution in [0.25, 0.3) is 33.4 Å². The SMILES string of the molecule is c1ccc(-c2cc(C3c4ccccc4-c4ccccc43)cc(C3c4ccccc4-c4ccccc43)c2)cc1. The maximum absolute atomic E-state index is 2.49. The van der Waals surface area contributed by atoms with Crippen LogP contribution in [0.15, 0.2) is 146 Å². The van der Waals surface area contributed by atoms with Gasteiger partial charge in [0.1, 0.15) is 0 Å². The minimum absolute atomic E-state index is 0.219. The van der Waals surface area contributed by atoms with Crippen LogP contribution in [0, 0.1) is 0 Å². The molecule has 2 aliphatic rings. The lowest BCUT2D eigenvalue weighted by Crippen LogP contribution is -2.05. The minimum atomic E-state index is 0.219. The Balaban J connectivity index is 1.40. The molecule has 0 amide bonds. The summed E-state index contributed by atoms with van der Waals surface area (Å²) in [7, 11) is 0. The van der Waals surface area contributed by atoms with E-state index in [0.717, 1.165) is 0 Å². The maximum Gasteiger partial charge on any atom is 0.0352 e. The van der Waals surface area contributed by atoms with Gasteiger partial charge in [0.15, 0.2) is 0 Å². The summed E-state index contributed by atoms with van der Waals surface area (Å²) in [5, 5.41) is 0. The molecular formula is C38H26. The van der Waals surface area contributed by atoms with Crippen molar-refractivity contribution in [1.82, 2.24) is 0 Å². The van der Waals surface area contributed by atoms with E-state index in [9.17, 15) is 0 Å². The summed E-state index contributed by atoms with van der Waals surface area (Å²) in [5.74, 6) is 0.438. The van der Waals surface area contributed by atoms with E-state index in [0.29, 0.717) is 0 Å². The Morgan fingerprint density at radius 3 is 1.03 bits per heavy atom. The third kappa shape index (κ3) is 3.17. The maximum atomic E-state index is 2.49. The smallest absolute Gasteiger partial charge is 0.0352 e. The summed E-state index contributed by atoms with van der Waals surface area (Å²) < 4.78 is 0. The van der Waals surface area contributed by atoms with Crippen molar-refractivity contribution in [3.63, 3.8) is 0 Å². The van der Waals surface area contributed by atoms with Gasteiger partial charge in [-0.05, 0) is 66.8 Å². The van der Waals surface area contributed by atoms with E-state index in [2.05, 4.69) is 146 Å². The predicted molar refractivity (Wildman–Crippen MR) is 158 cm³/mol. The second-order valence-corrected chi connectivity index (χ2v) is 10.5. The highest BCUT2D eigenvalue weighted by atomic mass is 14.4. The molecule has 2 aliphatic carbocycles. The Hall–Kier alpha value is -4.68. The molecule has 38 heavy (non-hydrogen) atoms. The first-order chi connectivity index (χ1) is 18.9. The van der Waals surface area contributed by atoms with Crippen LogP contribution in [-0.2, 0) is 0 Å². The van der Waals surface area contributed by atoms with E-state index in [1.54, 1.807) is 0 Å². The van der Waals surface area contributed by atoms with Gasteiger partial charge in [0.05, 0.1) is 0 Å². The molecule has 0 radical (unpaired) electrons. The molecule has 0 aromatic heterocycles. The van der Waals surface area contributed by atoms with Crippen LogP contribution >= 0.6 is 0 Å². The van der Waals surface area contributed by atoms with Gasteiger partial charge in [-0.15, -0.1) is 0 Å². The number of fused-ring (bicyclic) bond motifs is 6. The zero-order valence-electron chi connectivity index (χ0n) is 21.0. The van der Waals surface area contributed by atoms with E-state index in [-0.39, 0.29) is 11.8 Å². The highest BCUT2D eigenvalue weighted by Gasteiger charge is 2.33. The summed E-state index contributed by atoms with van der Waals surface area (Å²) in [4.78, 5) is 0. The number of benzene rings is 6. The van der Waals surface area contributed by atoms with Gasteiger partial charge in [-0.25, -0.2) is 0 Å². The fraction of sp³-hybridized carbons (Fsp3) is 0.0526. The Labute approximate surface area is 223 Å². The van der Waals surface area contributed by atoms with E-state index in [4.69, 9.17) is 0 Å². The first kappa shape index (κ1) is 21.4. The minimum Gasteiger partial charge on any atom is -0.0622 e. The van der Waals surface area contributed by atoms with Gasteiger partial charge < -0.3 is 0 Å². The largest absolute Gasteiger partial charge is 0.0622 e. The lowest BCUT2D eigenvalue weighted by atomic mass is 9.82. The van der Waals surface area contributed by atoms with Crippen molar-refractivity contribution in [2.24, 2.45) is 0 Å². The molecule has 0 bridgehead atoms. The quantitative estimate of drug-likeness (QED) is 0.235. The van der Waals surface area contributed by atoms with Gasteiger partial charge in [0.2, 0.25) is 0 Å². The third-order valence-corrected chi connectivity index (χ3v) is 8.42. The molecule has 8 rings (SSSR count). The van der Waals surface area contributed by atoms with Crippen LogP contribution in [0.2, 0.25) is 0 Å². The fourth-order valence-electron chi connectivity index (χ4n) is 6.84. The molecule has 0 heteroatoms. The molecule has 0 fully saturated rings. The highest BCUT2D eigenvalue weighted by molar-refractivity contribution is 5.83. The van der Waals surface area contributed by atoms with E-state index < -0.39 is 0 Å². The van der Waals surface area contributed by atoms with Gasteiger partial charge in [-0.1, -0.05) is 146 Å². The lowest BCUT2D eigenvalue weighted by molar-refractivity contribution is 0.974. The van der Waals surface area contributed by atoms with Gasteiger partial charge in [0, 0.05) is 11.8 Å². The molecule has 0 heterocycles. The first-order valence-corrected chi connectivity index (χ1v) is 13.4. The molecule has 0 saturated carbocycles. The Morgan fingerprint density at radius 2 is 0.632 bits per heavy atom. The van der Waals surface area contributed by atoms with Crippen LogP contribution in [0.4, 0.5) is 0 Å². The van der Waals surface area contributed by atoms with E-state index >= 15 is 0 Å². The number of hydrogen-bond donors (Lipinski definition) is 0. The third-order valence-electron chi connectivity index (χ3n) is 8.42. The Kier molecular flexibility index (Phi) is 4.75. The summed E-state index contributed by atoms with van der Waals surface area (Å²) in [6.45, 7) is 0. The van der Waals surface area contributed by atoms with E-state index in [1.165, 1.54) is 66.8 Å². The molecular weight excluding hydrogens is 456 g/mol. The molecule has 0 atom stereocenters. The normalized spacial score (nSPS) is 13.6. The van der Waals surface area contributed by atoms with Crippen molar-refractivity contribution < 1.29 is 0 Å². The molecule has 6 aromatic carbocycles. The van der Waals surface area contributed by atoms with Crippen molar-refractivity contribution in [2.75, 3.05) is 0 Å². The standard InChI is InChI=1S/C38H26/c1-2-12-25(13-3-1)26-22-27(37-33-18-8-4-14-29(33)30-15-5-9-19-34(30)37)24-28(23-26)38-35-20-10-6-16-31(35)32-17-7-11-21-36(32)38/h1-24,37-38H. The van der Waals surface area contributed by atoms with Crippen molar-refractivity contribution >= 4 is 0 Å². The summed E-state index contributed by atoms with van der Waals surface area (Å²) in [5.41, 5.74) is 16.3. The van der Waals surface area contributed by atoms with Crippen LogP contribution < -0.4 is 0 Å². The van der Waals surface area contributed by atoms with Gasteiger partial charge in [-0.2, -0.15) is 0 Å². The van der Waals surface area contributed by atoms with Crippen LogP contribution in [0.1, 0.15) is 45.2 Å². The summed E-state index contributed by atoms with van der Waals surface area (Å²) in [6, 6.07) is 53.9. The second kappa shape index (κ2) is 8.43. The monoisotopic (exact) mass is 482 g/mol. The summed E-state index contributed by atoms with van der Waals surface area (Å²) in [6.07, 6.45) is 0. The molecule has 0 nitrogen and oxygen atoms in total. The van der Waals surface area contributed by atoms with Crippen molar-refractivity contribution in [3.05, 3.63) is 179 Å². The van der Waals surface area contributed by atoms with Crippen molar-refractivity contribution in [2.45, 2.75) is 11.8 Å². The molecule has 6 aromatic rings. The predicted octanol–water partition coefficient (Wildman–Crippen LogP) is 9.67. The molecule has 0 aliphatic heterocycles. The van der Waals surface area contributed by atoms with Gasteiger partial charge in [-0.3, -0.25) is 0 Å². The van der Waals surface area contributed by atoms with E-state index in [1.807, 2.05) is 0 Å². The Morgan fingerprint density at radius 1 is 0.289 bits per heavy atom. The van der Waals surface area contributed by atoms with Gasteiger partial charge in [0.25, 0.3) is 0 Å². The van der Waals surface area contributed by atoms with Crippen LogP contribution in [0.3, 0.4) is 0 Å². The molecule has 0 unspecified atom stereocenters. The topological polar surface area (TPSA) is 0 Å². The zero-order valence-corrected chi connectivity index (χ0v) is 21.0. The van der Waals surface area contributed by atoms with Crippen LogP contribution in [0.5, 0.6) is 0 Å². The summed E-state index contributed by atoms with van der Waals surface area (Å²) >= 11 is 0. The first-order valence-electron chi connectivity index (χ1n) is 13.4. The number of hydrogen-bond acceptors (Lipinski definition) is 0. The highest BCUT2D eigenvalue weighted by Crippen LogP contribution is 2.51. The molecule has 0 saturated heterocycles. The average Bonchev–Trinajstić information content (AvgIpc) is 3.51. The number of rotatable bonds is 3. The molecule has 178 valence electrons. The van der Waals surface area contributed by atoms with Gasteiger partial charge >= 0.3 is 0 Å². The lowest BCUT2D eigenvalue weighted by Gasteiger charge is -2.21. The average molecular weight is 483 g/mol. The second-order valence-electron chi connectivity index (χ2n) is 10.5.